The Balaban J connectivity index is 1.56. The Labute approximate surface area is 158 Å². The van der Waals surface area contributed by atoms with Crippen molar-refractivity contribution in [2.75, 3.05) is 18.8 Å². The summed E-state index contributed by atoms with van der Waals surface area (Å²) >= 11 is 0. The highest BCUT2D eigenvalue weighted by Crippen LogP contribution is 2.33. The molecule has 0 amide bonds. The van der Waals surface area contributed by atoms with Crippen molar-refractivity contribution in [2.45, 2.75) is 25.7 Å². The Morgan fingerprint density at radius 1 is 1.11 bits per heavy atom. The zero-order valence-corrected chi connectivity index (χ0v) is 15.9. The van der Waals surface area contributed by atoms with Crippen molar-refractivity contribution in [1.29, 1.82) is 0 Å². The molecule has 2 aromatic carbocycles. The molecule has 0 bridgehead atoms. The largest absolute Gasteiger partial charge is 0.457 e. The fourth-order valence-electron chi connectivity index (χ4n) is 3.61. The van der Waals surface area contributed by atoms with Gasteiger partial charge in [0.25, 0.3) is 10.0 Å². The normalized spacial score (nSPS) is 21.3. The van der Waals surface area contributed by atoms with Crippen LogP contribution in [0.25, 0.3) is 0 Å². The van der Waals surface area contributed by atoms with Crippen molar-refractivity contribution in [1.82, 2.24) is 4.90 Å². The van der Waals surface area contributed by atoms with Crippen molar-refractivity contribution in [3.63, 3.8) is 0 Å². The maximum Gasteiger partial charge on any atom is 0.256 e. The van der Waals surface area contributed by atoms with Crippen LogP contribution < -0.4 is 4.74 Å². The molecular formula is C20H21FN2O3S. The Bertz CT molecular complexity index is 987. The predicted molar refractivity (Wildman–Crippen MR) is 102 cm³/mol. The zero-order valence-electron chi connectivity index (χ0n) is 15.1. The van der Waals surface area contributed by atoms with Gasteiger partial charge in [0, 0.05) is 19.0 Å². The van der Waals surface area contributed by atoms with Crippen LogP contribution in [-0.2, 0) is 10.0 Å². The minimum Gasteiger partial charge on any atom is -0.457 e. The highest BCUT2D eigenvalue weighted by atomic mass is 32.2. The van der Waals surface area contributed by atoms with Gasteiger partial charge in [0.15, 0.2) is 0 Å². The number of hydrogen-bond acceptors (Lipinski definition) is 4. The van der Waals surface area contributed by atoms with Gasteiger partial charge >= 0.3 is 0 Å². The molecule has 7 heteroatoms. The lowest BCUT2D eigenvalue weighted by molar-refractivity contribution is 0.366. The maximum atomic E-state index is 13.4. The molecule has 1 atom stereocenters. The number of ether oxygens (including phenoxy) is 1. The summed E-state index contributed by atoms with van der Waals surface area (Å²) in [5.74, 6) is 1.70. The SMILES string of the molecule is Cc1cc(Oc2ccc(C3CCCN4CCS(=O)(=O)N=C34)cc2)ccc1F. The Kier molecular flexibility index (Phi) is 4.63. The zero-order chi connectivity index (χ0) is 19.0. The van der Waals surface area contributed by atoms with E-state index >= 15 is 0 Å². The first kappa shape index (κ1) is 18.0. The second-order valence-electron chi connectivity index (χ2n) is 7.00. The first-order chi connectivity index (χ1) is 12.9. The minimum atomic E-state index is -3.36. The lowest BCUT2D eigenvalue weighted by Crippen LogP contribution is -2.46. The summed E-state index contributed by atoms with van der Waals surface area (Å²) in [4.78, 5) is 2.08. The van der Waals surface area contributed by atoms with E-state index < -0.39 is 10.0 Å². The van der Waals surface area contributed by atoms with Crippen molar-refractivity contribution in [3.05, 3.63) is 59.4 Å². The molecule has 2 heterocycles. The third-order valence-corrected chi connectivity index (χ3v) is 6.22. The number of benzene rings is 2. The molecule has 0 saturated carbocycles. The number of rotatable bonds is 3. The van der Waals surface area contributed by atoms with Crippen LogP contribution in [0.3, 0.4) is 0 Å². The molecule has 0 radical (unpaired) electrons. The monoisotopic (exact) mass is 388 g/mol. The smallest absolute Gasteiger partial charge is 0.256 e. The molecule has 2 aromatic rings. The van der Waals surface area contributed by atoms with E-state index in [1.165, 1.54) is 6.07 Å². The molecular weight excluding hydrogens is 367 g/mol. The van der Waals surface area contributed by atoms with Crippen LogP contribution in [0.2, 0.25) is 0 Å². The molecule has 1 unspecified atom stereocenters. The summed E-state index contributed by atoms with van der Waals surface area (Å²) < 4.78 is 47.1. The van der Waals surface area contributed by atoms with Crippen LogP contribution in [-0.4, -0.2) is 38.0 Å². The second kappa shape index (κ2) is 6.96. The van der Waals surface area contributed by atoms with E-state index in [1.807, 2.05) is 24.3 Å². The Morgan fingerprint density at radius 2 is 1.85 bits per heavy atom. The number of amidine groups is 1. The van der Waals surface area contributed by atoms with Crippen LogP contribution in [0.4, 0.5) is 4.39 Å². The number of fused-ring (bicyclic) bond motifs is 1. The molecule has 142 valence electrons. The van der Waals surface area contributed by atoms with E-state index in [-0.39, 0.29) is 17.5 Å². The van der Waals surface area contributed by atoms with Gasteiger partial charge in [-0.15, -0.1) is 4.40 Å². The Morgan fingerprint density at radius 3 is 2.59 bits per heavy atom. The van der Waals surface area contributed by atoms with Gasteiger partial charge in [-0.2, -0.15) is 0 Å². The van der Waals surface area contributed by atoms with Gasteiger partial charge in [-0.05, 0) is 61.2 Å². The fourth-order valence-corrected chi connectivity index (χ4v) is 4.68. The topological polar surface area (TPSA) is 59.0 Å². The quantitative estimate of drug-likeness (QED) is 0.801. The standard InChI is InChI=1S/C20H21FN2O3S/c1-14-13-17(8-9-19(14)21)26-16-6-4-15(5-7-16)18-3-2-10-23-11-12-27(24,25)22-20(18)23/h4-9,13,18H,2-3,10-12H2,1H3. The number of halogens is 1. The van der Waals surface area contributed by atoms with E-state index in [0.717, 1.165) is 24.9 Å². The molecule has 5 nitrogen and oxygen atoms in total. The van der Waals surface area contributed by atoms with Crippen LogP contribution in [0.5, 0.6) is 11.5 Å². The summed E-state index contributed by atoms with van der Waals surface area (Å²) in [6, 6.07) is 12.2. The van der Waals surface area contributed by atoms with E-state index in [1.54, 1.807) is 19.1 Å². The van der Waals surface area contributed by atoms with E-state index in [2.05, 4.69) is 9.30 Å². The highest BCUT2D eigenvalue weighted by molar-refractivity contribution is 7.90. The van der Waals surface area contributed by atoms with Gasteiger partial charge in [0.05, 0.1) is 5.75 Å². The van der Waals surface area contributed by atoms with Crippen LogP contribution in [0.1, 0.15) is 29.9 Å². The summed E-state index contributed by atoms with van der Waals surface area (Å²) in [7, 11) is -3.36. The van der Waals surface area contributed by atoms with Gasteiger partial charge in [0.1, 0.15) is 23.2 Å². The van der Waals surface area contributed by atoms with Crippen LogP contribution >= 0.6 is 0 Å². The second-order valence-corrected chi connectivity index (χ2v) is 8.75. The van der Waals surface area contributed by atoms with Gasteiger partial charge < -0.3 is 9.64 Å². The van der Waals surface area contributed by atoms with E-state index in [9.17, 15) is 12.8 Å². The molecule has 0 aliphatic carbocycles. The highest BCUT2D eigenvalue weighted by Gasteiger charge is 2.33. The van der Waals surface area contributed by atoms with Crippen LogP contribution in [0.15, 0.2) is 46.9 Å². The summed E-state index contributed by atoms with van der Waals surface area (Å²) in [6.45, 7) is 3.07. The lowest BCUT2D eigenvalue weighted by atomic mass is 9.89. The summed E-state index contributed by atoms with van der Waals surface area (Å²) in [5.41, 5.74) is 1.56. The maximum absolute atomic E-state index is 13.4. The summed E-state index contributed by atoms with van der Waals surface area (Å²) in [5, 5.41) is 0. The number of piperidine rings is 1. The lowest BCUT2D eigenvalue weighted by Gasteiger charge is -2.37. The van der Waals surface area contributed by atoms with Gasteiger partial charge in [-0.3, -0.25) is 0 Å². The average molecular weight is 388 g/mol. The molecule has 2 aliphatic heterocycles. The molecule has 1 fully saturated rings. The molecule has 27 heavy (non-hydrogen) atoms. The Hall–Kier alpha value is -2.41. The van der Waals surface area contributed by atoms with Crippen molar-refractivity contribution >= 4 is 15.9 Å². The third kappa shape index (κ3) is 3.83. The van der Waals surface area contributed by atoms with Gasteiger partial charge in [-0.25, -0.2) is 12.8 Å². The molecule has 1 saturated heterocycles. The minimum absolute atomic E-state index is 0.0176. The fraction of sp³-hybridized carbons (Fsp3) is 0.350. The molecule has 2 aliphatic rings. The molecule has 0 spiro atoms. The van der Waals surface area contributed by atoms with Crippen LogP contribution in [0, 0.1) is 12.7 Å². The first-order valence-corrected chi connectivity index (χ1v) is 10.6. The number of sulfonamides is 1. The average Bonchev–Trinajstić information content (AvgIpc) is 2.64. The van der Waals surface area contributed by atoms with E-state index in [4.69, 9.17) is 4.74 Å². The molecule has 4 rings (SSSR count). The number of aryl methyl sites for hydroxylation is 1. The first-order valence-electron chi connectivity index (χ1n) is 9.03. The predicted octanol–water partition coefficient (Wildman–Crippen LogP) is 3.85. The summed E-state index contributed by atoms with van der Waals surface area (Å²) in [6.07, 6.45) is 1.89. The third-order valence-electron chi connectivity index (χ3n) is 5.06. The van der Waals surface area contributed by atoms with Crippen molar-refractivity contribution in [3.8, 4) is 11.5 Å². The van der Waals surface area contributed by atoms with Gasteiger partial charge in [0.2, 0.25) is 0 Å². The van der Waals surface area contributed by atoms with Crippen molar-refractivity contribution in [2.24, 2.45) is 4.40 Å². The number of hydrogen-bond donors (Lipinski definition) is 0. The number of nitrogens with zero attached hydrogens (tertiary/aromatic N) is 2. The molecule has 0 aromatic heterocycles. The van der Waals surface area contributed by atoms with Gasteiger partial charge in [-0.1, -0.05) is 12.1 Å². The van der Waals surface area contributed by atoms with Crippen molar-refractivity contribution < 1.29 is 17.5 Å². The van der Waals surface area contributed by atoms with E-state index in [0.29, 0.717) is 29.4 Å². The molecule has 0 N–H and O–H groups in total.